The number of thioether (sulfide) groups is 1. The average Bonchev–Trinajstić information content (AvgIpc) is 3.81. The Morgan fingerprint density at radius 1 is 0.500 bits per heavy atom. The summed E-state index contributed by atoms with van der Waals surface area (Å²) in [6.45, 7) is 12.5. The van der Waals surface area contributed by atoms with Crippen LogP contribution in [-0.2, 0) is 66.4 Å². The van der Waals surface area contributed by atoms with Crippen molar-refractivity contribution in [3.05, 3.63) is 0 Å². The van der Waals surface area contributed by atoms with Crippen molar-refractivity contribution in [3.63, 3.8) is 0 Å². The maximum Gasteiger partial charge on any atom is 0.315 e. The third-order valence-electron chi connectivity index (χ3n) is 8.67. The monoisotopic (exact) mass is 885 g/mol. The fourth-order valence-electron chi connectivity index (χ4n) is 5.63. The van der Waals surface area contributed by atoms with E-state index in [1.165, 1.54) is 0 Å². The Labute approximate surface area is 360 Å². The summed E-state index contributed by atoms with van der Waals surface area (Å²) in [5.41, 5.74) is 5.34. The number of ether oxygens (including phenoxy) is 12. The number of unbranched alkanes of at least 4 members (excludes halogenated alkanes) is 1. The van der Waals surface area contributed by atoms with Crippen molar-refractivity contribution in [2.24, 2.45) is 5.73 Å². The smallest absolute Gasteiger partial charge is 0.315 e. The molecule has 0 aromatic heterocycles. The van der Waals surface area contributed by atoms with Crippen LogP contribution in [0.3, 0.4) is 0 Å². The molecule has 3 atom stereocenters. The van der Waals surface area contributed by atoms with Gasteiger partial charge in [0.25, 0.3) is 0 Å². The third-order valence-corrected chi connectivity index (χ3v) is 10.2. The van der Waals surface area contributed by atoms with E-state index in [0.717, 1.165) is 25.0 Å². The molecule has 0 aliphatic carbocycles. The Balaban J connectivity index is 1.16. The maximum absolute atomic E-state index is 12.1. The van der Waals surface area contributed by atoms with Gasteiger partial charge in [-0.3, -0.25) is 9.59 Å². The quantitative estimate of drug-likeness (QED) is 0.0383. The van der Waals surface area contributed by atoms with Gasteiger partial charge in [0, 0.05) is 43.5 Å². The Kier molecular flexibility index (Phi) is 37.1. The van der Waals surface area contributed by atoms with E-state index in [-0.39, 0.29) is 36.3 Å². The molecule has 2 aliphatic rings. The summed E-state index contributed by atoms with van der Waals surface area (Å²) in [4.78, 5) is 35.5. The molecule has 20 nitrogen and oxygen atoms in total. The first kappa shape index (κ1) is 54.2. The van der Waals surface area contributed by atoms with Crippen molar-refractivity contribution in [2.75, 3.05) is 184 Å². The molecule has 0 radical (unpaired) electrons. The average molecular weight is 886 g/mol. The van der Waals surface area contributed by atoms with E-state index < -0.39 is 0 Å². The van der Waals surface area contributed by atoms with Crippen LogP contribution in [0.5, 0.6) is 0 Å². The number of rotatable bonds is 46. The Hall–Kier alpha value is -1.96. The highest BCUT2D eigenvalue weighted by Crippen LogP contribution is 2.33. The second-order valence-electron chi connectivity index (χ2n) is 13.5. The molecule has 6 N–H and O–H groups in total. The van der Waals surface area contributed by atoms with Crippen molar-refractivity contribution in [2.45, 2.75) is 49.4 Å². The molecule has 2 rings (SSSR count). The van der Waals surface area contributed by atoms with E-state index in [1.807, 2.05) is 11.8 Å². The molecule has 2 heterocycles. The first-order valence-corrected chi connectivity index (χ1v) is 22.5. The van der Waals surface area contributed by atoms with Crippen molar-refractivity contribution < 1.29 is 71.2 Å². The summed E-state index contributed by atoms with van der Waals surface area (Å²) in [7, 11) is 0. The number of urea groups is 1. The number of nitrogens with one attached hydrogen (secondary N) is 4. The maximum atomic E-state index is 12.1. The lowest BCUT2D eigenvalue weighted by Gasteiger charge is -2.16. The standard InChI is InChI=1S/C39H75N5O15S/c40-6-10-49-14-18-53-22-26-57-28-30-59-32-31-58-29-27-56-25-21-52-17-13-48-9-5-37(46)42-8-12-51-16-20-55-24-23-54-19-15-50-11-7-41-36(45)4-2-1-3-35-38-34(33-60-35)43-39(47)44-38/h34-35,38H,1-33,40H2,(H,41,45)(H,42,46)(H2,43,44,47)/t34-,35-,38-/m0/s1. The van der Waals surface area contributed by atoms with Crippen LogP contribution in [0.4, 0.5) is 4.79 Å². The number of amides is 4. The summed E-state index contributed by atoms with van der Waals surface area (Å²) in [5, 5.41) is 12.1. The van der Waals surface area contributed by atoms with Gasteiger partial charge in [0.1, 0.15) is 0 Å². The summed E-state index contributed by atoms with van der Waals surface area (Å²) < 4.78 is 65.3. The number of hydrogen-bond donors (Lipinski definition) is 5. The Morgan fingerprint density at radius 3 is 1.28 bits per heavy atom. The number of carbonyl (C=O) groups excluding carboxylic acids is 3. The normalized spacial score (nSPS) is 17.1. The molecule has 0 unspecified atom stereocenters. The molecule has 2 aliphatic heterocycles. The molecule has 0 aromatic rings. The second-order valence-corrected chi connectivity index (χ2v) is 14.7. The molecule has 0 spiro atoms. The lowest BCUT2D eigenvalue weighted by molar-refractivity contribution is -0.123. The van der Waals surface area contributed by atoms with Crippen LogP contribution in [0.1, 0.15) is 32.1 Å². The number of hydrogen-bond acceptors (Lipinski definition) is 17. The van der Waals surface area contributed by atoms with Gasteiger partial charge in [-0.25, -0.2) is 4.79 Å². The van der Waals surface area contributed by atoms with Crippen LogP contribution in [0.25, 0.3) is 0 Å². The molecule has 352 valence electrons. The van der Waals surface area contributed by atoms with Gasteiger partial charge in [-0.15, -0.1) is 0 Å². The van der Waals surface area contributed by atoms with Gasteiger partial charge < -0.3 is 83.8 Å². The minimum Gasteiger partial charge on any atom is -0.379 e. The summed E-state index contributed by atoms with van der Waals surface area (Å²) in [5.74, 6) is 0.882. The van der Waals surface area contributed by atoms with Gasteiger partial charge in [0.15, 0.2) is 0 Å². The molecule has 21 heteroatoms. The number of carbonyl (C=O) groups is 3. The lowest BCUT2D eigenvalue weighted by atomic mass is 10.0. The largest absolute Gasteiger partial charge is 0.379 e. The molecule has 0 saturated carbocycles. The van der Waals surface area contributed by atoms with Crippen LogP contribution >= 0.6 is 11.8 Å². The molecular weight excluding hydrogens is 811 g/mol. The number of fused-ring (bicyclic) bond motifs is 1. The SMILES string of the molecule is NCCOCCOCCOCCOCCOCCOCCOCCOCCC(=O)NCCOCCOCCOCCOCCNC(=O)CCCC[C@@H]1SC[C@@H]2NC(=O)N[C@@H]21. The van der Waals surface area contributed by atoms with Gasteiger partial charge in [0.2, 0.25) is 11.8 Å². The van der Waals surface area contributed by atoms with Crippen LogP contribution in [0.15, 0.2) is 0 Å². The highest BCUT2D eigenvalue weighted by molar-refractivity contribution is 8.00. The zero-order valence-corrected chi connectivity index (χ0v) is 36.5. The van der Waals surface area contributed by atoms with Crippen molar-refractivity contribution in [3.8, 4) is 0 Å². The zero-order chi connectivity index (χ0) is 42.8. The van der Waals surface area contributed by atoms with Crippen LogP contribution in [0.2, 0.25) is 0 Å². The molecule has 0 aromatic carbocycles. The highest BCUT2D eigenvalue weighted by Gasteiger charge is 2.42. The topological polar surface area (TPSA) is 236 Å². The molecule has 2 fully saturated rings. The number of nitrogens with two attached hydrogens (primary N) is 1. The van der Waals surface area contributed by atoms with E-state index in [4.69, 9.17) is 62.6 Å². The van der Waals surface area contributed by atoms with Crippen LogP contribution in [-0.4, -0.2) is 219 Å². The van der Waals surface area contributed by atoms with Gasteiger partial charge in [0.05, 0.1) is 171 Å². The van der Waals surface area contributed by atoms with E-state index in [0.29, 0.717) is 190 Å². The van der Waals surface area contributed by atoms with Gasteiger partial charge >= 0.3 is 6.03 Å². The first-order valence-electron chi connectivity index (χ1n) is 21.4. The van der Waals surface area contributed by atoms with Gasteiger partial charge in [-0.2, -0.15) is 11.8 Å². The van der Waals surface area contributed by atoms with Gasteiger partial charge in [-0.05, 0) is 12.8 Å². The Morgan fingerprint density at radius 2 is 0.867 bits per heavy atom. The molecule has 2 saturated heterocycles. The molecule has 60 heavy (non-hydrogen) atoms. The third kappa shape index (κ3) is 32.7. The summed E-state index contributed by atoms with van der Waals surface area (Å²) >= 11 is 1.90. The van der Waals surface area contributed by atoms with E-state index >= 15 is 0 Å². The summed E-state index contributed by atoms with van der Waals surface area (Å²) in [6.07, 6.45) is 3.56. The molecule has 0 bridgehead atoms. The van der Waals surface area contributed by atoms with Crippen molar-refractivity contribution in [1.82, 2.24) is 21.3 Å². The van der Waals surface area contributed by atoms with Crippen molar-refractivity contribution >= 4 is 29.6 Å². The molecular formula is C39H75N5O15S. The van der Waals surface area contributed by atoms with Gasteiger partial charge in [-0.1, -0.05) is 6.42 Å². The second kappa shape index (κ2) is 41.1. The predicted octanol–water partition coefficient (Wildman–Crippen LogP) is -0.507. The van der Waals surface area contributed by atoms with Crippen molar-refractivity contribution in [1.29, 1.82) is 0 Å². The fraction of sp³-hybridized carbons (Fsp3) is 0.923. The summed E-state index contributed by atoms with van der Waals surface area (Å²) in [6, 6.07) is 0.384. The van der Waals surface area contributed by atoms with E-state index in [9.17, 15) is 14.4 Å². The lowest BCUT2D eigenvalue weighted by Crippen LogP contribution is -2.36. The highest BCUT2D eigenvalue weighted by atomic mass is 32.2. The van der Waals surface area contributed by atoms with E-state index in [2.05, 4.69) is 21.3 Å². The van der Waals surface area contributed by atoms with Crippen LogP contribution < -0.4 is 27.0 Å². The zero-order valence-electron chi connectivity index (χ0n) is 35.7. The predicted molar refractivity (Wildman–Crippen MR) is 223 cm³/mol. The van der Waals surface area contributed by atoms with Crippen LogP contribution in [0, 0.1) is 0 Å². The Bertz CT molecular complexity index is 1030. The minimum absolute atomic E-state index is 0.0315. The van der Waals surface area contributed by atoms with E-state index in [1.54, 1.807) is 0 Å². The molecule has 4 amide bonds. The first-order chi connectivity index (χ1) is 29.6. The fourth-order valence-corrected chi connectivity index (χ4v) is 7.17. The minimum atomic E-state index is -0.101.